The van der Waals surface area contributed by atoms with Crippen LogP contribution in [0.15, 0.2) is 16.7 Å². The molecule has 5 heteroatoms. The molecule has 0 aliphatic carbocycles. The summed E-state index contributed by atoms with van der Waals surface area (Å²) >= 11 is 3.08. The smallest absolute Gasteiger partial charge is 0.337 e. The van der Waals surface area contributed by atoms with Crippen molar-refractivity contribution in [3.63, 3.8) is 0 Å². The Labute approximate surface area is 83.7 Å². The number of hydrogen-bond acceptors (Lipinski definition) is 3. The number of ether oxygens (including phenoxy) is 1. The molecule has 0 amide bonds. The van der Waals surface area contributed by atoms with Crippen LogP contribution in [0.2, 0.25) is 0 Å². The third-order valence-electron chi connectivity index (χ3n) is 1.35. The normalized spacial score (nSPS) is 9.69. The Morgan fingerprint density at radius 2 is 2.46 bits per heavy atom. The van der Waals surface area contributed by atoms with Gasteiger partial charge in [-0.25, -0.2) is 9.78 Å². The Balaban J connectivity index is 3.04. The second-order valence-corrected chi connectivity index (χ2v) is 3.09. The van der Waals surface area contributed by atoms with Crippen LogP contribution < -0.4 is 4.74 Å². The van der Waals surface area contributed by atoms with Crippen molar-refractivity contribution in [2.45, 2.75) is 6.92 Å². The van der Waals surface area contributed by atoms with E-state index in [2.05, 4.69) is 20.9 Å². The monoisotopic (exact) mass is 245 g/mol. The Bertz CT molecular complexity index is 327. The van der Waals surface area contributed by atoms with Gasteiger partial charge in [0.05, 0.1) is 16.6 Å². The van der Waals surface area contributed by atoms with Gasteiger partial charge in [0.15, 0.2) is 0 Å². The van der Waals surface area contributed by atoms with E-state index in [4.69, 9.17) is 9.84 Å². The standard InChI is InChI=1S/C8H8BrNO3/c1-2-13-7-3-5(8(11)12)6(9)4-10-7/h3-4H,2H2,1H3,(H,11,12). The van der Waals surface area contributed by atoms with Gasteiger partial charge in [-0.3, -0.25) is 0 Å². The number of pyridine rings is 1. The van der Waals surface area contributed by atoms with Crippen molar-refractivity contribution in [2.24, 2.45) is 0 Å². The lowest BCUT2D eigenvalue weighted by Gasteiger charge is -2.03. The zero-order valence-electron chi connectivity index (χ0n) is 6.95. The van der Waals surface area contributed by atoms with E-state index in [0.29, 0.717) is 17.0 Å². The third kappa shape index (κ3) is 2.42. The van der Waals surface area contributed by atoms with Gasteiger partial charge in [0.2, 0.25) is 5.88 Å². The predicted octanol–water partition coefficient (Wildman–Crippen LogP) is 1.94. The molecule has 70 valence electrons. The van der Waals surface area contributed by atoms with Gasteiger partial charge in [0, 0.05) is 12.3 Å². The molecule has 4 nitrogen and oxygen atoms in total. The molecule has 1 rings (SSSR count). The predicted molar refractivity (Wildman–Crippen MR) is 50.1 cm³/mol. The summed E-state index contributed by atoms with van der Waals surface area (Å²) in [6, 6.07) is 1.38. The molecular formula is C8H8BrNO3. The average Bonchev–Trinajstić information content (AvgIpc) is 2.08. The van der Waals surface area contributed by atoms with Gasteiger partial charge in [0.25, 0.3) is 0 Å². The minimum Gasteiger partial charge on any atom is -0.478 e. The molecular weight excluding hydrogens is 238 g/mol. The number of rotatable bonds is 3. The fourth-order valence-corrected chi connectivity index (χ4v) is 1.20. The van der Waals surface area contributed by atoms with Crippen molar-refractivity contribution in [2.75, 3.05) is 6.61 Å². The summed E-state index contributed by atoms with van der Waals surface area (Å²) in [6.07, 6.45) is 1.41. The largest absolute Gasteiger partial charge is 0.478 e. The summed E-state index contributed by atoms with van der Waals surface area (Å²) in [4.78, 5) is 14.5. The second kappa shape index (κ2) is 4.23. The highest BCUT2D eigenvalue weighted by Crippen LogP contribution is 2.19. The Hall–Kier alpha value is -1.10. The van der Waals surface area contributed by atoms with E-state index in [9.17, 15) is 4.79 Å². The van der Waals surface area contributed by atoms with Gasteiger partial charge >= 0.3 is 5.97 Å². The zero-order valence-corrected chi connectivity index (χ0v) is 8.54. The van der Waals surface area contributed by atoms with Gasteiger partial charge in [-0.1, -0.05) is 0 Å². The first-order valence-corrected chi connectivity index (χ1v) is 4.46. The molecule has 0 radical (unpaired) electrons. The van der Waals surface area contributed by atoms with Gasteiger partial charge in [-0.15, -0.1) is 0 Å². The summed E-state index contributed by atoms with van der Waals surface area (Å²) in [5, 5.41) is 8.74. The highest BCUT2D eigenvalue weighted by molar-refractivity contribution is 9.10. The lowest BCUT2D eigenvalue weighted by molar-refractivity contribution is 0.0695. The van der Waals surface area contributed by atoms with Crippen molar-refractivity contribution >= 4 is 21.9 Å². The van der Waals surface area contributed by atoms with E-state index in [1.54, 1.807) is 0 Å². The number of nitrogens with zero attached hydrogens (tertiary/aromatic N) is 1. The van der Waals surface area contributed by atoms with E-state index in [1.165, 1.54) is 12.3 Å². The molecule has 1 heterocycles. The molecule has 1 aromatic rings. The quantitative estimate of drug-likeness (QED) is 0.885. The second-order valence-electron chi connectivity index (χ2n) is 2.24. The summed E-state index contributed by atoms with van der Waals surface area (Å²) in [6.45, 7) is 2.28. The van der Waals surface area contributed by atoms with Gasteiger partial charge in [0.1, 0.15) is 0 Å². The number of hydrogen-bond donors (Lipinski definition) is 1. The van der Waals surface area contributed by atoms with Crippen LogP contribution >= 0.6 is 15.9 Å². The number of carboxylic acid groups (broad SMARTS) is 1. The maximum Gasteiger partial charge on any atom is 0.337 e. The number of aromatic carboxylic acids is 1. The maximum atomic E-state index is 10.7. The molecule has 1 N–H and O–H groups in total. The first-order chi connectivity index (χ1) is 6.15. The van der Waals surface area contributed by atoms with Crippen LogP contribution in [-0.2, 0) is 0 Å². The number of carbonyl (C=O) groups is 1. The molecule has 13 heavy (non-hydrogen) atoms. The molecule has 0 atom stereocenters. The van der Waals surface area contributed by atoms with Crippen molar-refractivity contribution in [1.82, 2.24) is 4.98 Å². The molecule has 0 fully saturated rings. The Morgan fingerprint density at radius 1 is 1.77 bits per heavy atom. The molecule has 0 spiro atoms. The van der Waals surface area contributed by atoms with Crippen LogP contribution in [0.4, 0.5) is 0 Å². The van der Waals surface area contributed by atoms with Crippen LogP contribution in [0.25, 0.3) is 0 Å². The van der Waals surface area contributed by atoms with Crippen molar-refractivity contribution < 1.29 is 14.6 Å². The minimum atomic E-state index is -1.00. The third-order valence-corrected chi connectivity index (χ3v) is 1.98. The summed E-state index contributed by atoms with van der Waals surface area (Å²) in [7, 11) is 0. The van der Waals surface area contributed by atoms with Gasteiger partial charge in [-0.2, -0.15) is 0 Å². The lowest BCUT2D eigenvalue weighted by atomic mass is 10.3. The fraction of sp³-hybridized carbons (Fsp3) is 0.250. The van der Waals surface area contributed by atoms with Crippen LogP contribution in [0.1, 0.15) is 17.3 Å². The summed E-state index contributed by atoms with van der Waals surface area (Å²) < 4.78 is 5.50. The van der Waals surface area contributed by atoms with Gasteiger partial charge < -0.3 is 9.84 Å². The van der Waals surface area contributed by atoms with Gasteiger partial charge in [-0.05, 0) is 22.9 Å². The maximum absolute atomic E-state index is 10.7. The van der Waals surface area contributed by atoms with Crippen molar-refractivity contribution in [3.8, 4) is 5.88 Å². The van der Waals surface area contributed by atoms with Crippen LogP contribution in [0.3, 0.4) is 0 Å². The summed E-state index contributed by atoms with van der Waals surface area (Å²) in [5.41, 5.74) is 0.151. The molecule has 0 aliphatic heterocycles. The van der Waals surface area contributed by atoms with E-state index in [-0.39, 0.29) is 5.56 Å². The Kier molecular flexibility index (Phi) is 3.25. The van der Waals surface area contributed by atoms with Crippen molar-refractivity contribution in [3.05, 3.63) is 22.3 Å². The SMILES string of the molecule is CCOc1cc(C(=O)O)c(Br)cn1. The van der Waals surface area contributed by atoms with Crippen molar-refractivity contribution in [1.29, 1.82) is 0 Å². The molecule has 0 aliphatic rings. The average molecular weight is 246 g/mol. The van der Waals surface area contributed by atoms with Crippen LogP contribution in [-0.4, -0.2) is 22.7 Å². The topological polar surface area (TPSA) is 59.4 Å². The first kappa shape index (κ1) is 9.98. The minimum absolute atomic E-state index is 0.151. The number of carboxylic acids is 1. The fourth-order valence-electron chi connectivity index (χ4n) is 0.810. The highest BCUT2D eigenvalue weighted by atomic mass is 79.9. The zero-order chi connectivity index (χ0) is 9.84. The number of halogens is 1. The molecule has 0 saturated heterocycles. The number of aromatic nitrogens is 1. The van der Waals surface area contributed by atoms with E-state index < -0.39 is 5.97 Å². The molecule has 0 unspecified atom stereocenters. The van der Waals surface area contributed by atoms with E-state index in [1.807, 2.05) is 6.92 Å². The van der Waals surface area contributed by atoms with Crippen LogP contribution in [0, 0.1) is 0 Å². The molecule has 1 aromatic heterocycles. The molecule has 0 saturated carbocycles. The van der Waals surface area contributed by atoms with E-state index >= 15 is 0 Å². The molecule has 0 aromatic carbocycles. The Morgan fingerprint density at radius 3 is 3.00 bits per heavy atom. The van der Waals surface area contributed by atoms with Crippen LogP contribution in [0.5, 0.6) is 5.88 Å². The lowest BCUT2D eigenvalue weighted by Crippen LogP contribution is -2.01. The highest BCUT2D eigenvalue weighted by Gasteiger charge is 2.09. The summed E-state index contributed by atoms with van der Waals surface area (Å²) in [5.74, 6) is -0.682. The molecule has 0 bridgehead atoms. The first-order valence-electron chi connectivity index (χ1n) is 3.66. The van der Waals surface area contributed by atoms with E-state index in [0.717, 1.165) is 0 Å².